The molecule has 1 aromatic heterocycles. The van der Waals surface area contributed by atoms with Crippen molar-refractivity contribution in [1.82, 2.24) is 10.3 Å². The third kappa shape index (κ3) is 4.62. The Balaban J connectivity index is 2.75. The number of rotatable bonds is 6. The number of aryl methyl sites for hydroxylation is 1. The van der Waals surface area contributed by atoms with Crippen LogP contribution in [-0.2, 0) is 16.4 Å². The fraction of sp³-hybridized carbons (Fsp3) is 0.583. The molecule has 102 valence electrons. The van der Waals surface area contributed by atoms with E-state index in [1.165, 1.54) is 6.26 Å². The van der Waals surface area contributed by atoms with Crippen molar-refractivity contribution < 1.29 is 8.42 Å². The molecule has 1 rings (SSSR count). The summed E-state index contributed by atoms with van der Waals surface area (Å²) in [5.74, 6) is 0.943. The van der Waals surface area contributed by atoms with Gasteiger partial charge >= 0.3 is 0 Å². The molecule has 1 heterocycles. The summed E-state index contributed by atoms with van der Waals surface area (Å²) >= 11 is 0. The van der Waals surface area contributed by atoms with E-state index < -0.39 is 9.84 Å². The number of anilines is 1. The van der Waals surface area contributed by atoms with E-state index in [0.29, 0.717) is 6.54 Å². The molecule has 6 heteroatoms. The molecule has 1 aromatic rings. The number of pyridine rings is 1. The van der Waals surface area contributed by atoms with E-state index in [4.69, 9.17) is 0 Å². The standard InChI is InChI=1S/C12H21N3O2S/c1-10-11(9-13-2)5-6-12(14-10)15(3)7-8-18(4,16)17/h5-6,13H,7-9H2,1-4H3. The van der Waals surface area contributed by atoms with Gasteiger partial charge in [0.05, 0.1) is 5.75 Å². The van der Waals surface area contributed by atoms with Crippen LogP contribution in [0.15, 0.2) is 12.1 Å². The first kappa shape index (κ1) is 14.9. The Labute approximate surface area is 109 Å². The molecule has 0 unspecified atom stereocenters. The summed E-state index contributed by atoms with van der Waals surface area (Å²) in [6, 6.07) is 3.94. The zero-order valence-corrected chi connectivity index (χ0v) is 12.2. The topological polar surface area (TPSA) is 62.3 Å². The summed E-state index contributed by atoms with van der Waals surface area (Å²) < 4.78 is 22.2. The number of hydrogen-bond acceptors (Lipinski definition) is 5. The van der Waals surface area contributed by atoms with E-state index in [0.717, 1.165) is 23.6 Å². The number of aromatic nitrogens is 1. The van der Waals surface area contributed by atoms with E-state index in [1.807, 2.05) is 38.1 Å². The molecule has 18 heavy (non-hydrogen) atoms. The molecule has 0 aliphatic carbocycles. The van der Waals surface area contributed by atoms with Crippen LogP contribution in [0, 0.1) is 6.92 Å². The molecule has 5 nitrogen and oxygen atoms in total. The summed E-state index contributed by atoms with van der Waals surface area (Å²) in [5.41, 5.74) is 2.12. The summed E-state index contributed by atoms with van der Waals surface area (Å²) in [6.07, 6.45) is 1.25. The van der Waals surface area contributed by atoms with Crippen molar-refractivity contribution in [3.05, 3.63) is 23.4 Å². The Hall–Kier alpha value is -1.14. The van der Waals surface area contributed by atoms with Gasteiger partial charge in [0.1, 0.15) is 15.7 Å². The first-order valence-corrected chi connectivity index (χ1v) is 7.89. The number of sulfone groups is 1. The van der Waals surface area contributed by atoms with Gasteiger partial charge in [0.2, 0.25) is 0 Å². The summed E-state index contributed by atoms with van der Waals surface area (Å²) in [6.45, 7) is 3.20. The van der Waals surface area contributed by atoms with Crippen LogP contribution in [0.25, 0.3) is 0 Å². The predicted molar refractivity (Wildman–Crippen MR) is 74.7 cm³/mol. The van der Waals surface area contributed by atoms with E-state index in [9.17, 15) is 8.42 Å². The third-order valence-corrected chi connectivity index (χ3v) is 3.66. The van der Waals surface area contributed by atoms with Crippen LogP contribution in [0.3, 0.4) is 0 Å². The molecule has 0 aliphatic heterocycles. The fourth-order valence-corrected chi connectivity index (χ4v) is 2.19. The second-order valence-corrected chi connectivity index (χ2v) is 6.76. The molecular formula is C12H21N3O2S. The van der Waals surface area contributed by atoms with Gasteiger partial charge in [0, 0.05) is 32.1 Å². The number of hydrogen-bond donors (Lipinski definition) is 1. The molecule has 0 radical (unpaired) electrons. The van der Waals surface area contributed by atoms with Crippen molar-refractivity contribution in [2.45, 2.75) is 13.5 Å². The van der Waals surface area contributed by atoms with Crippen LogP contribution >= 0.6 is 0 Å². The van der Waals surface area contributed by atoms with Gasteiger partial charge in [-0.15, -0.1) is 0 Å². The Bertz CT molecular complexity index is 500. The first-order chi connectivity index (χ1) is 8.33. The van der Waals surface area contributed by atoms with Gasteiger partial charge in [-0.1, -0.05) is 6.07 Å². The van der Waals surface area contributed by atoms with Gasteiger partial charge in [-0.25, -0.2) is 13.4 Å². The van der Waals surface area contributed by atoms with E-state index >= 15 is 0 Å². The van der Waals surface area contributed by atoms with E-state index in [-0.39, 0.29) is 5.75 Å². The maximum absolute atomic E-state index is 11.1. The molecule has 0 atom stereocenters. The maximum Gasteiger partial charge on any atom is 0.149 e. The minimum Gasteiger partial charge on any atom is -0.359 e. The van der Waals surface area contributed by atoms with Gasteiger partial charge < -0.3 is 10.2 Å². The van der Waals surface area contributed by atoms with Gasteiger partial charge in [-0.2, -0.15) is 0 Å². The van der Waals surface area contributed by atoms with Crippen LogP contribution in [-0.4, -0.2) is 46.1 Å². The summed E-state index contributed by atoms with van der Waals surface area (Å²) in [5, 5.41) is 3.09. The molecule has 0 fully saturated rings. The Morgan fingerprint density at radius 3 is 2.56 bits per heavy atom. The molecule has 0 saturated carbocycles. The highest BCUT2D eigenvalue weighted by molar-refractivity contribution is 7.90. The lowest BCUT2D eigenvalue weighted by Crippen LogP contribution is -2.26. The van der Waals surface area contributed by atoms with Gasteiger partial charge in [-0.3, -0.25) is 0 Å². The van der Waals surface area contributed by atoms with Crippen molar-refractivity contribution >= 4 is 15.7 Å². The Kier molecular flexibility index (Phi) is 5.10. The fourth-order valence-electron chi connectivity index (χ4n) is 1.58. The van der Waals surface area contributed by atoms with Crippen LogP contribution in [0.1, 0.15) is 11.3 Å². The highest BCUT2D eigenvalue weighted by atomic mass is 32.2. The molecule has 0 bridgehead atoms. The van der Waals surface area contributed by atoms with Gasteiger partial charge in [-0.05, 0) is 25.6 Å². The SMILES string of the molecule is CNCc1ccc(N(C)CCS(C)(=O)=O)nc1C. The maximum atomic E-state index is 11.1. The Morgan fingerprint density at radius 1 is 1.39 bits per heavy atom. The normalized spacial score (nSPS) is 11.6. The second kappa shape index (κ2) is 6.15. The van der Waals surface area contributed by atoms with Crippen molar-refractivity contribution in [3.63, 3.8) is 0 Å². The highest BCUT2D eigenvalue weighted by Gasteiger charge is 2.08. The average molecular weight is 271 g/mol. The van der Waals surface area contributed by atoms with Gasteiger partial charge in [0.25, 0.3) is 0 Å². The number of nitrogens with one attached hydrogen (secondary N) is 1. The molecule has 0 saturated heterocycles. The highest BCUT2D eigenvalue weighted by Crippen LogP contribution is 2.13. The zero-order chi connectivity index (χ0) is 13.8. The average Bonchev–Trinajstić information content (AvgIpc) is 2.28. The van der Waals surface area contributed by atoms with Gasteiger partial charge in [0.15, 0.2) is 0 Å². The Morgan fingerprint density at radius 2 is 2.06 bits per heavy atom. The van der Waals surface area contributed by atoms with Crippen molar-refractivity contribution in [1.29, 1.82) is 0 Å². The molecule has 1 N–H and O–H groups in total. The molecule has 0 spiro atoms. The predicted octanol–water partition coefficient (Wildman–Crippen LogP) is 0.590. The molecular weight excluding hydrogens is 250 g/mol. The lowest BCUT2D eigenvalue weighted by molar-refractivity contribution is 0.601. The van der Waals surface area contributed by atoms with Crippen molar-refractivity contribution in [2.24, 2.45) is 0 Å². The van der Waals surface area contributed by atoms with Crippen LogP contribution in [0.4, 0.5) is 5.82 Å². The smallest absolute Gasteiger partial charge is 0.149 e. The third-order valence-electron chi connectivity index (χ3n) is 2.74. The monoisotopic (exact) mass is 271 g/mol. The summed E-state index contributed by atoms with van der Waals surface area (Å²) in [7, 11) is 0.813. The second-order valence-electron chi connectivity index (χ2n) is 4.50. The first-order valence-electron chi connectivity index (χ1n) is 5.83. The molecule has 0 aliphatic rings. The summed E-state index contributed by atoms with van der Waals surface area (Å²) in [4.78, 5) is 6.34. The molecule has 0 aromatic carbocycles. The van der Waals surface area contributed by atoms with Crippen LogP contribution < -0.4 is 10.2 Å². The molecule has 0 amide bonds. The van der Waals surface area contributed by atoms with E-state index in [2.05, 4.69) is 10.3 Å². The van der Waals surface area contributed by atoms with Crippen LogP contribution in [0.2, 0.25) is 0 Å². The largest absolute Gasteiger partial charge is 0.359 e. The quantitative estimate of drug-likeness (QED) is 0.820. The van der Waals surface area contributed by atoms with Crippen molar-refractivity contribution in [2.75, 3.05) is 37.5 Å². The minimum atomic E-state index is -2.93. The zero-order valence-electron chi connectivity index (χ0n) is 11.4. The van der Waals surface area contributed by atoms with Crippen molar-refractivity contribution in [3.8, 4) is 0 Å². The lowest BCUT2D eigenvalue weighted by atomic mass is 10.2. The lowest BCUT2D eigenvalue weighted by Gasteiger charge is -2.18. The van der Waals surface area contributed by atoms with Crippen LogP contribution in [0.5, 0.6) is 0 Å². The van der Waals surface area contributed by atoms with E-state index in [1.54, 1.807) is 0 Å². The number of nitrogens with zero attached hydrogens (tertiary/aromatic N) is 2. The minimum absolute atomic E-state index is 0.141.